The van der Waals surface area contributed by atoms with E-state index in [9.17, 15) is 4.79 Å². The number of amides is 1. The van der Waals surface area contributed by atoms with Gasteiger partial charge in [0.1, 0.15) is 12.1 Å². The number of nitrogens with one attached hydrogen (secondary N) is 1. The highest BCUT2D eigenvalue weighted by Gasteiger charge is 2.21. The van der Waals surface area contributed by atoms with Gasteiger partial charge in [0.25, 0.3) is 0 Å². The van der Waals surface area contributed by atoms with E-state index in [0.717, 1.165) is 44.1 Å². The molecule has 0 radical (unpaired) electrons. The molecule has 136 valence electrons. The van der Waals surface area contributed by atoms with Crippen molar-refractivity contribution in [3.63, 3.8) is 0 Å². The van der Waals surface area contributed by atoms with E-state index in [0.29, 0.717) is 25.4 Å². The Balaban J connectivity index is 1.43. The van der Waals surface area contributed by atoms with Gasteiger partial charge >= 0.3 is 0 Å². The van der Waals surface area contributed by atoms with Crippen LogP contribution in [0.1, 0.15) is 42.0 Å². The van der Waals surface area contributed by atoms with E-state index in [4.69, 9.17) is 4.74 Å². The normalized spacial score (nSPS) is 19.9. The lowest BCUT2D eigenvalue weighted by Crippen LogP contribution is -2.24. The summed E-state index contributed by atoms with van der Waals surface area (Å²) in [5.41, 5.74) is 3.42. The summed E-state index contributed by atoms with van der Waals surface area (Å²) < 4.78 is 5.46. The Hall–Kier alpha value is -2.47. The third-order valence-corrected chi connectivity index (χ3v) is 5.15. The molecule has 4 rings (SSSR count). The minimum absolute atomic E-state index is 0.256. The van der Waals surface area contributed by atoms with Crippen LogP contribution in [0, 0.1) is 0 Å². The second-order valence-corrected chi connectivity index (χ2v) is 6.93. The number of rotatable bonds is 6. The molecule has 2 saturated heterocycles. The van der Waals surface area contributed by atoms with Crippen molar-refractivity contribution in [1.29, 1.82) is 0 Å². The largest absolute Gasteiger partial charge is 0.381 e. The van der Waals surface area contributed by atoms with Crippen LogP contribution >= 0.6 is 0 Å². The molecule has 1 N–H and O–H groups in total. The Bertz CT molecular complexity index is 774. The maximum atomic E-state index is 11.9. The van der Waals surface area contributed by atoms with E-state index in [-0.39, 0.29) is 5.91 Å². The minimum atomic E-state index is 0.256. The Morgan fingerprint density at radius 1 is 1.23 bits per heavy atom. The molecule has 6 heteroatoms. The zero-order valence-electron chi connectivity index (χ0n) is 14.9. The number of carbonyl (C=O) groups excluding carboxylic acids is 1. The molecule has 0 bridgehead atoms. The van der Waals surface area contributed by atoms with Gasteiger partial charge in [-0.3, -0.25) is 4.79 Å². The summed E-state index contributed by atoms with van der Waals surface area (Å²) in [7, 11) is 0. The molecule has 2 fully saturated rings. The van der Waals surface area contributed by atoms with E-state index < -0.39 is 0 Å². The van der Waals surface area contributed by atoms with Crippen molar-refractivity contribution >= 4 is 11.7 Å². The number of anilines is 1. The van der Waals surface area contributed by atoms with E-state index in [1.165, 1.54) is 11.1 Å². The highest BCUT2D eigenvalue weighted by atomic mass is 16.5. The molecule has 0 aliphatic carbocycles. The molecular formula is C20H24N4O2. The van der Waals surface area contributed by atoms with Gasteiger partial charge in [-0.1, -0.05) is 24.3 Å². The van der Waals surface area contributed by atoms with Crippen LogP contribution in [0.2, 0.25) is 0 Å². The van der Waals surface area contributed by atoms with E-state index >= 15 is 0 Å². The Morgan fingerprint density at radius 3 is 2.88 bits per heavy atom. The van der Waals surface area contributed by atoms with Gasteiger partial charge in [-0.25, -0.2) is 9.97 Å². The molecule has 2 aliphatic rings. The number of likely N-dealkylation sites (tertiary alicyclic amines) is 1. The first kappa shape index (κ1) is 17.0. The van der Waals surface area contributed by atoms with E-state index in [1.54, 1.807) is 6.33 Å². The molecule has 0 spiro atoms. The molecular weight excluding hydrogens is 328 g/mol. The minimum Gasteiger partial charge on any atom is -0.381 e. The molecule has 1 atom stereocenters. The van der Waals surface area contributed by atoms with Crippen LogP contribution < -0.4 is 5.32 Å². The molecule has 1 amide bonds. The highest BCUT2D eigenvalue weighted by molar-refractivity contribution is 5.78. The number of carbonyl (C=O) groups is 1. The SMILES string of the molecule is O=C1CCCN1Cc1ccccc1CNc1cc([C@@H]2CCOC2)ncn1. The van der Waals surface area contributed by atoms with Gasteiger partial charge in [0.15, 0.2) is 0 Å². The Kier molecular flexibility index (Phi) is 5.11. The summed E-state index contributed by atoms with van der Waals surface area (Å²) in [5.74, 6) is 1.45. The predicted octanol–water partition coefficient (Wildman–Crippen LogP) is 2.72. The molecule has 2 aliphatic heterocycles. The lowest BCUT2D eigenvalue weighted by Gasteiger charge is -2.18. The van der Waals surface area contributed by atoms with Crippen molar-refractivity contribution in [2.24, 2.45) is 0 Å². The zero-order chi connectivity index (χ0) is 17.8. The average Bonchev–Trinajstić information content (AvgIpc) is 3.34. The summed E-state index contributed by atoms with van der Waals surface area (Å²) in [6, 6.07) is 10.3. The molecule has 0 saturated carbocycles. The van der Waals surface area contributed by atoms with Crippen LogP contribution in [0.4, 0.5) is 5.82 Å². The molecule has 1 aromatic carbocycles. The van der Waals surface area contributed by atoms with Crippen LogP contribution in [0.3, 0.4) is 0 Å². The second kappa shape index (κ2) is 7.83. The Labute approximate surface area is 153 Å². The topological polar surface area (TPSA) is 67.4 Å². The first-order valence-corrected chi connectivity index (χ1v) is 9.28. The van der Waals surface area contributed by atoms with Crippen LogP contribution in [-0.2, 0) is 22.6 Å². The fourth-order valence-electron chi connectivity index (χ4n) is 3.61. The van der Waals surface area contributed by atoms with Gasteiger partial charge in [-0.05, 0) is 24.0 Å². The number of benzene rings is 1. The molecule has 3 heterocycles. The van der Waals surface area contributed by atoms with Crippen molar-refractivity contribution in [1.82, 2.24) is 14.9 Å². The van der Waals surface area contributed by atoms with Gasteiger partial charge in [-0.2, -0.15) is 0 Å². The van der Waals surface area contributed by atoms with Gasteiger partial charge in [0.2, 0.25) is 5.91 Å². The molecule has 26 heavy (non-hydrogen) atoms. The summed E-state index contributed by atoms with van der Waals surface area (Å²) in [4.78, 5) is 22.6. The summed E-state index contributed by atoms with van der Waals surface area (Å²) in [5, 5.41) is 3.41. The number of aromatic nitrogens is 2. The smallest absolute Gasteiger partial charge is 0.222 e. The van der Waals surface area contributed by atoms with E-state index in [1.807, 2.05) is 23.1 Å². The molecule has 1 aromatic heterocycles. The molecule has 0 unspecified atom stereocenters. The maximum absolute atomic E-state index is 11.9. The lowest BCUT2D eigenvalue weighted by molar-refractivity contribution is -0.128. The second-order valence-electron chi connectivity index (χ2n) is 6.93. The number of hydrogen-bond donors (Lipinski definition) is 1. The van der Waals surface area contributed by atoms with Crippen molar-refractivity contribution in [2.45, 2.75) is 38.3 Å². The summed E-state index contributed by atoms with van der Waals surface area (Å²) >= 11 is 0. The number of nitrogens with zero attached hydrogens (tertiary/aromatic N) is 3. The van der Waals surface area contributed by atoms with Gasteiger partial charge in [0.05, 0.1) is 12.3 Å². The molecule has 6 nitrogen and oxygen atoms in total. The highest BCUT2D eigenvalue weighted by Crippen LogP contribution is 2.24. The Morgan fingerprint density at radius 2 is 2.12 bits per heavy atom. The third-order valence-electron chi connectivity index (χ3n) is 5.15. The first-order valence-electron chi connectivity index (χ1n) is 9.28. The van der Waals surface area contributed by atoms with Crippen molar-refractivity contribution in [3.05, 3.63) is 53.5 Å². The summed E-state index contributed by atoms with van der Waals surface area (Å²) in [6.45, 7) is 3.77. The van der Waals surface area contributed by atoms with Gasteiger partial charge in [0, 0.05) is 44.6 Å². The number of hydrogen-bond acceptors (Lipinski definition) is 5. The maximum Gasteiger partial charge on any atom is 0.222 e. The predicted molar refractivity (Wildman–Crippen MR) is 98.6 cm³/mol. The van der Waals surface area contributed by atoms with Crippen LogP contribution in [0.15, 0.2) is 36.7 Å². The van der Waals surface area contributed by atoms with Gasteiger partial charge in [-0.15, -0.1) is 0 Å². The zero-order valence-corrected chi connectivity index (χ0v) is 14.9. The van der Waals surface area contributed by atoms with Crippen molar-refractivity contribution in [3.8, 4) is 0 Å². The monoisotopic (exact) mass is 352 g/mol. The van der Waals surface area contributed by atoms with Crippen LogP contribution in [0.25, 0.3) is 0 Å². The van der Waals surface area contributed by atoms with Gasteiger partial charge < -0.3 is 15.0 Å². The lowest BCUT2D eigenvalue weighted by atomic mass is 10.0. The van der Waals surface area contributed by atoms with Crippen molar-refractivity contribution in [2.75, 3.05) is 25.1 Å². The van der Waals surface area contributed by atoms with Crippen molar-refractivity contribution < 1.29 is 9.53 Å². The third kappa shape index (κ3) is 3.85. The van der Waals surface area contributed by atoms with Crippen LogP contribution in [-0.4, -0.2) is 40.5 Å². The summed E-state index contributed by atoms with van der Waals surface area (Å²) in [6.07, 6.45) is 4.27. The fraction of sp³-hybridized carbons (Fsp3) is 0.450. The fourth-order valence-corrected chi connectivity index (χ4v) is 3.61. The first-order chi connectivity index (χ1) is 12.8. The molecule has 2 aromatic rings. The van der Waals surface area contributed by atoms with Crippen LogP contribution in [0.5, 0.6) is 0 Å². The number of ether oxygens (including phenoxy) is 1. The van der Waals surface area contributed by atoms with E-state index in [2.05, 4.69) is 27.4 Å². The standard InChI is InChI=1S/C20H24N4O2/c25-20-6-3-8-24(20)12-16-5-2-1-4-15(16)11-21-19-10-18(22-14-23-19)17-7-9-26-13-17/h1-2,4-5,10,14,17H,3,6-9,11-13H2,(H,21,22,23)/t17-/m1/s1. The average molecular weight is 352 g/mol. The quantitative estimate of drug-likeness (QED) is 0.866.